The molecule has 1 aliphatic carbocycles. The van der Waals surface area contributed by atoms with Crippen LogP contribution in [-0.4, -0.2) is 17.9 Å². The number of benzene rings is 1. The average molecular weight is 267 g/mol. The second-order valence-corrected chi connectivity index (χ2v) is 5.43. The molecule has 1 saturated carbocycles. The van der Waals surface area contributed by atoms with Crippen LogP contribution in [-0.2, 0) is 11.3 Å². The number of hydrogen-bond acceptors (Lipinski definition) is 2. The van der Waals surface area contributed by atoms with E-state index < -0.39 is 0 Å². The molecule has 0 spiro atoms. The summed E-state index contributed by atoms with van der Waals surface area (Å²) < 4.78 is 0. The first kappa shape index (κ1) is 13.2. The summed E-state index contributed by atoms with van der Waals surface area (Å²) >= 11 is 6.11. The number of nitrogens with two attached hydrogens (primary N) is 1. The number of amides is 1. The van der Waals surface area contributed by atoms with Crippen LogP contribution in [0, 0.1) is 5.92 Å². The zero-order chi connectivity index (χ0) is 13.1. The molecule has 98 valence electrons. The van der Waals surface area contributed by atoms with Crippen LogP contribution in [0.4, 0.5) is 5.69 Å². The summed E-state index contributed by atoms with van der Waals surface area (Å²) in [6, 6.07) is 5.38. The highest BCUT2D eigenvalue weighted by atomic mass is 35.5. The molecule has 18 heavy (non-hydrogen) atoms. The molecule has 2 N–H and O–H groups in total. The third kappa shape index (κ3) is 2.96. The Morgan fingerprint density at radius 2 is 2.11 bits per heavy atom. The van der Waals surface area contributed by atoms with Gasteiger partial charge in [0.1, 0.15) is 0 Å². The van der Waals surface area contributed by atoms with Crippen molar-refractivity contribution in [3.05, 3.63) is 28.8 Å². The lowest BCUT2D eigenvalue weighted by Gasteiger charge is -2.21. The molecule has 0 atom stereocenters. The molecule has 1 aromatic rings. The fourth-order valence-corrected chi connectivity index (χ4v) is 2.71. The normalized spacial score (nSPS) is 15.9. The van der Waals surface area contributed by atoms with Gasteiger partial charge in [0.05, 0.1) is 0 Å². The van der Waals surface area contributed by atoms with Crippen molar-refractivity contribution in [3.63, 3.8) is 0 Å². The van der Waals surface area contributed by atoms with E-state index in [1.807, 2.05) is 13.1 Å². The summed E-state index contributed by atoms with van der Waals surface area (Å²) in [6.45, 7) is 0.527. The van der Waals surface area contributed by atoms with E-state index in [-0.39, 0.29) is 11.8 Å². The molecule has 0 heterocycles. The summed E-state index contributed by atoms with van der Waals surface area (Å²) in [5.74, 6) is 0.431. The third-order valence-electron chi connectivity index (χ3n) is 3.56. The fraction of sp³-hybridized carbons (Fsp3) is 0.500. The lowest BCUT2D eigenvalue weighted by atomic mass is 10.1. The topological polar surface area (TPSA) is 46.3 Å². The highest BCUT2D eigenvalue weighted by molar-refractivity contribution is 6.31. The summed E-state index contributed by atoms with van der Waals surface area (Å²) in [6.07, 6.45) is 4.38. The Hall–Kier alpha value is -1.22. The van der Waals surface area contributed by atoms with Crippen LogP contribution in [0.3, 0.4) is 0 Å². The van der Waals surface area contributed by atoms with Gasteiger partial charge in [-0.05, 0) is 36.6 Å². The molecule has 0 aliphatic heterocycles. The Balaban J connectivity index is 2.03. The van der Waals surface area contributed by atoms with Crippen LogP contribution < -0.4 is 5.73 Å². The van der Waals surface area contributed by atoms with Gasteiger partial charge < -0.3 is 10.6 Å². The first-order valence-electron chi connectivity index (χ1n) is 6.37. The van der Waals surface area contributed by atoms with Crippen LogP contribution in [0.2, 0.25) is 5.02 Å². The van der Waals surface area contributed by atoms with E-state index in [0.29, 0.717) is 17.3 Å². The van der Waals surface area contributed by atoms with Gasteiger partial charge in [-0.3, -0.25) is 4.79 Å². The van der Waals surface area contributed by atoms with E-state index in [4.69, 9.17) is 17.3 Å². The van der Waals surface area contributed by atoms with E-state index in [1.54, 1.807) is 17.0 Å². The Kier molecular flexibility index (Phi) is 4.12. The van der Waals surface area contributed by atoms with E-state index in [9.17, 15) is 4.79 Å². The van der Waals surface area contributed by atoms with Gasteiger partial charge in [0.25, 0.3) is 0 Å². The van der Waals surface area contributed by atoms with Crippen LogP contribution in [0.25, 0.3) is 0 Å². The maximum Gasteiger partial charge on any atom is 0.225 e. The van der Waals surface area contributed by atoms with Gasteiger partial charge in [-0.1, -0.05) is 24.4 Å². The minimum Gasteiger partial charge on any atom is -0.399 e. The predicted octanol–water partition coefficient (Wildman–Crippen LogP) is 3.07. The minimum atomic E-state index is 0.204. The Morgan fingerprint density at radius 3 is 2.78 bits per heavy atom. The molecule has 0 unspecified atom stereocenters. The van der Waals surface area contributed by atoms with Gasteiger partial charge >= 0.3 is 0 Å². The number of carbonyl (C=O) groups is 1. The summed E-state index contributed by atoms with van der Waals surface area (Å²) in [5, 5.41) is 0.662. The van der Waals surface area contributed by atoms with Crippen LogP contribution >= 0.6 is 11.6 Å². The number of nitrogen functional groups attached to an aromatic ring is 1. The van der Waals surface area contributed by atoms with Crippen LogP contribution in [0.5, 0.6) is 0 Å². The van der Waals surface area contributed by atoms with Gasteiger partial charge in [0.2, 0.25) is 5.91 Å². The van der Waals surface area contributed by atoms with Crippen molar-refractivity contribution in [1.82, 2.24) is 4.90 Å². The molecule has 0 bridgehead atoms. The number of rotatable bonds is 3. The first-order valence-corrected chi connectivity index (χ1v) is 6.74. The minimum absolute atomic E-state index is 0.204. The molecule has 1 aromatic carbocycles. The Labute approximate surface area is 113 Å². The summed E-state index contributed by atoms with van der Waals surface area (Å²) in [7, 11) is 1.83. The molecular weight excluding hydrogens is 248 g/mol. The Morgan fingerprint density at radius 1 is 1.44 bits per heavy atom. The summed E-state index contributed by atoms with van der Waals surface area (Å²) in [4.78, 5) is 14.0. The van der Waals surface area contributed by atoms with Crippen molar-refractivity contribution in [2.75, 3.05) is 12.8 Å². The Bertz CT molecular complexity index is 441. The van der Waals surface area contributed by atoms with Crippen molar-refractivity contribution in [2.24, 2.45) is 5.92 Å². The number of hydrogen-bond donors (Lipinski definition) is 1. The zero-order valence-corrected chi connectivity index (χ0v) is 11.4. The highest BCUT2D eigenvalue weighted by Gasteiger charge is 2.25. The fourth-order valence-electron chi connectivity index (χ4n) is 2.53. The van der Waals surface area contributed by atoms with Gasteiger partial charge in [0, 0.05) is 30.2 Å². The molecule has 1 amide bonds. The summed E-state index contributed by atoms with van der Waals surface area (Å²) in [5.41, 5.74) is 7.32. The van der Waals surface area contributed by atoms with Crippen LogP contribution in [0.1, 0.15) is 31.2 Å². The second kappa shape index (κ2) is 5.61. The molecule has 1 aliphatic rings. The van der Waals surface area contributed by atoms with Crippen molar-refractivity contribution in [1.29, 1.82) is 0 Å². The largest absolute Gasteiger partial charge is 0.399 e. The predicted molar refractivity (Wildman–Crippen MR) is 74.3 cm³/mol. The zero-order valence-electron chi connectivity index (χ0n) is 10.7. The molecular formula is C14H19ClN2O. The molecule has 3 nitrogen and oxygen atoms in total. The van der Waals surface area contributed by atoms with Crippen molar-refractivity contribution in [3.8, 4) is 0 Å². The lowest BCUT2D eigenvalue weighted by molar-refractivity contribution is -0.134. The molecule has 0 saturated heterocycles. The highest BCUT2D eigenvalue weighted by Crippen LogP contribution is 2.27. The van der Waals surface area contributed by atoms with Crippen molar-refractivity contribution >= 4 is 23.2 Å². The van der Waals surface area contributed by atoms with Gasteiger partial charge in [-0.15, -0.1) is 0 Å². The van der Waals surface area contributed by atoms with Crippen molar-refractivity contribution in [2.45, 2.75) is 32.2 Å². The number of halogens is 1. The van der Waals surface area contributed by atoms with E-state index in [0.717, 1.165) is 18.4 Å². The number of nitrogens with zero attached hydrogens (tertiary/aromatic N) is 1. The molecule has 0 aromatic heterocycles. The smallest absolute Gasteiger partial charge is 0.225 e. The van der Waals surface area contributed by atoms with E-state index >= 15 is 0 Å². The third-order valence-corrected chi connectivity index (χ3v) is 3.93. The molecule has 4 heteroatoms. The monoisotopic (exact) mass is 266 g/mol. The molecule has 2 rings (SSSR count). The SMILES string of the molecule is CN(Cc1cc(N)ccc1Cl)C(=O)C1CCCC1. The maximum atomic E-state index is 12.2. The number of carbonyl (C=O) groups excluding carboxylic acids is 1. The van der Waals surface area contributed by atoms with Crippen molar-refractivity contribution < 1.29 is 4.79 Å². The lowest BCUT2D eigenvalue weighted by Crippen LogP contribution is -2.31. The van der Waals surface area contributed by atoms with E-state index in [2.05, 4.69) is 0 Å². The molecule has 0 radical (unpaired) electrons. The maximum absolute atomic E-state index is 12.2. The average Bonchev–Trinajstić information content (AvgIpc) is 2.86. The van der Waals surface area contributed by atoms with Crippen LogP contribution in [0.15, 0.2) is 18.2 Å². The van der Waals surface area contributed by atoms with Gasteiger partial charge in [-0.2, -0.15) is 0 Å². The van der Waals surface area contributed by atoms with Gasteiger partial charge in [0.15, 0.2) is 0 Å². The standard InChI is InChI=1S/C14H19ClN2O/c1-17(14(18)10-4-2-3-5-10)9-11-8-12(16)6-7-13(11)15/h6-8,10H,2-5,9,16H2,1H3. The molecule has 1 fully saturated rings. The van der Waals surface area contributed by atoms with Gasteiger partial charge in [-0.25, -0.2) is 0 Å². The number of anilines is 1. The van der Waals surface area contributed by atoms with E-state index in [1.165, 1.54) is 12.8 Å². The second-order valence-electron chi connectivity index (χ2n) is 5.03. The first-order chi connectivity index (χ1) is 8.58. The quantitative estimate of drug-likeness (QED) is 0.855.